The number of hydrogen-bond acceptors (Lipinski definition) is 4. The number of hydrogen-bond donors (Lipinski definition) is 1. The van der Waals surface area contributed by atoms with Crippen LogP contribution in [0.25, 0.3) is 0 Å². The maximum absolute atomic E-state index is 9.54. The summed E-state index contributed by atoms with van der Waals surface area (Å²) in [5.41, 5.74) is -0.195. The van der Waals surface area contributed by atoms with Gasteiger partial charge in [-0.15, -0.1) is 0 Å². The zero-order valence-corrected chi connectivity index (χ0v) is 32.1. The third-order valence-electron chi connectivity index (χ3n) is 8.80. The van der Waals surface area contributed by atoms with Crippen LogP contribution in [0.2, 0.25) is 0 Å². The first-order valence-corrected chi connectivity index (χ1v) is 18.5. The van der Waals surface area contributed by atoms with Crippen molar-refractivity contribution < 1.29 is 19.3 Å². The van der Waals surface area contributed by atoms with E-state index in [1.54, 1.807) is 0 Å². The first kappa shape index (κ1) is 40.3. The van der Waals surface area contributed by atoms with Crippen LogP contribution in [-0.2, 0) is 14.2 Å². The van der Waals surface area contributed by atoms with Gasteiger partial charge in [0.1, 0.15) is 0 Å². The van der Waals surface area contributed by atoms with Crippen molar-refractivity contribution in [2.24, 2.45) is 16.2 Å². The number of aliphatic hydroxyl groups excluding tert-OH is 1. The van der Waals surface area contributed by atoms with Gasteiger partial charge in [-0.3, -0.25) is 0 Å². The Balaban J connectivity index is 5.51. The fraction of sp³-hybridized carbons (Fsp3) is 1.00. The Morgan fingerprint density at radius 2 is 1.05 bits per heavy atom. The number of halogens is 2. The van der Waals surface area contributed by atoms with Gasteiger partial charge in [0.2, 0.25) is 0 Å². The third kappa shape index (κ3) is 17.9. The van der Waals surface area contributed by atoms with E-state index < -0.39 is 0 Å². The van der Waals surface area contributed by atoms with E-state index in [0.717, 1.165) is 25.7 Å². The van der Waals surface area contributed by atoms with E-state index in [2.05, 4.69) is 121 Å². The smallest absolute Gasteiger partial charge is 0.0652 e. The van der Waals surface area contributed by atoms with Gasteiger partial charge in [-0.05, 0) is 96.8 Å². The number of rotatable bonds is 24. The summed E-state index contributed by atoms with van der Waals surface area (Å²) in [5, 5.41) is 9.54. The molecule has 0 saturated carbocycles. The molecule has 0 saturated heterocycles. The van der Waals surface area contributed by atoms with Gasteiger partial charge in [-0.25, -0.2) is 0 Å². The summed E-state index contributed by atoms with van der Waals surface area (Å²) < 4.78 is 22.4. The van der Waals surface area contributed by atoms with Crippen LogP contribution in [-0.4, -0.2) is 57.2 Å². The minimum Gasteiger partial charge on any atom is -0.396 e. The Hall–Kier alpha value is 1.30. The molecule has 39 heavy (non-hydrogen) atoms. The van der Waals surface area contributed by atoms with Crippen molar-refractivity contribution >= 4 is 45.2 Å². The second kappa shape index (κ2) is 18.2. The Morgan fingerprint density at radius 1 is 0.564 bits per heavy atom. The molecule has 2 atom stereocenters. The summed E-state index contributed by atoms with van der Waals surface area (Å²) in [5.74, 6) is 0. The quantitative estimate of drug-likeness (QED) is 0.0783. The molecule has 0 rings (SSSR count). The first-order chi connectivity index (χ1) is 17.8. The van der Waals surface area contributed by atoms with Crippen molar-refractivity contribution in [2.45, 2.75) is 157 Å². The number of aliphatic hydroxyl groups is 1. The van der Waals surface area contributed by atoms with Crippen molar-refractivity contribution in [3.63, 3.8) is 0 Å². The van der Waals surface area contributed by atoms with Crippen LogP contribution in [0.4, 0.5) is 0 Å². The molecule has 0 aromatic heterocycles. The third-order valence-corrected chi connectivity index (χ3v) is 11.4. The topological polar surface area (TPSA) is 47.9 Å². The van der Waals surface area contributed by atoms with E-state index in [4.69, 9.17) is 14.2 Å². The number of alkyl halides is 2. The summed E-state index contributed by atoms with van der Waals surface area (Å²) in [6.45, 7) is 26.8. The molecule has 0 heterocycles. The molecule has 2 unspecified atom stereocenters. The Morgan fingerprint density at radius 3 is 1.51 bits per heavy atom. The highest BCUT2D eigenvalue weighted by Crippen LogP contribution is 2.36. The summed E-state index contributed by atoms with van der Waals surface area (Å²) in [6, 6.07) is 0. The molecular weight excluding hydrogens is 714 g/mol. The normalized spacial score (nSPS) is 16.8. The van der Waals surface area contributed by atoms with E-state index >= 15 is 0 Å². The summed E-state index contributed by atoms with van der Waals surface area (Å²) >= 11 is 5.00. The molecule has 6 heteroatoms. The average Bonchev–Trinajstić information content (AvgIpc) is 2.83. The lowest BCUT2D eigenvalue weighted by molar-refractivity contribution is -0.165. The minimum absolute atomic E-state index is 0.127. The maximum atomic E-state index is 9.54. The summed E-state index contributed by atoms with van der Waals surface area (Å²) in [7, 11) is 0. The van der Waals surface area contributed by atoms with Crippen molar-refractivity contribution in [1.82, 2.24) is 0 Å². The first-order valence-electron chi connectivity index (χ1n) is 15.5. The van der Waals surface area contributed by atoms with E-state index in [-0.39, 0.29) is 28.8 Å². The van der Waals surface area contributed by atoms with Crippen LogP contribution in [0.5, 0.6) is 0 Å². The highest BCUT2D eigenvalue weighted by molar-refractivity contribution is 14.1. The van der Waals surface area contributed by atoms with Crippen molar-refractivity contribution in [2.75, 3.05) is 35.3 Å². The molecule has 0 aliphatic rings. The fourth-order valence-corrected chi connectivity index (χ4v) is 6.44. The van der Waals surface area contributed by atoms with Gasteiger partial charge in [-0.2, -0.15) is 0 Å². The monoisotopic (exact) mass is 780 g/mol. The second-order valence-corrected chi connectivity index (χ2v) is 17.0. The number of ether oxygens (including phenoxy) is 3. The predicted molar refractivity (Wildman–Crippen MR) is 187 cm³/mol. The lowest BCUT2D eigenvalue weighted by Crippen LogP contribution is -2.45. The lowest BCUT2D eigenvalue weighted by Gasteiger charge is -2.41. The van der Waals surface area contributed by atoms with E-state index in [9.17, 15) is 5.11 Å². The molecule has 0 amide bonds. The van der Waals surface area contributed by atoms with Crippen LogP contribution in [0.15, 0.2) is 0 Å². The van der Waals surface area contributed by atoms with Gasteiger partial charge in [-0.1, -0.05) is 99.6 Å². The Bertz CT molecular complexity index is 650. The summed E-state index contributed by atoms with van der Waals surface area (Å²) in [4.78, 5) is 0. The lowest BCUT2D eigenvalue weighted by atomic mass is 9.82. The fourth-order valence-electron chi connectivity index (χ4n) is 4.60. The molecule has 0 fully saturated rings. The van der Waals surface area contributed by atoms with Crippen LogP contribution in [0.1, 0.15) is 140 Å². The van der Waals surface area contributed by atoms with E-state index in [1.165, 1.54) is 41.0 Å². The van der Waals surface area contributed by atoms with Gasteiger partial charge < -0.3 is 19.3 Å². The zero-order chi connectivity index (χ0) is 30.4. The van der Waals surface area contributed by atoms with Gasteiger partial charge in [0.05, 0.1) is 36.6 Å². The molecule has 4 nitrogen and oxygen atoms in total. The molecular formula is C33H66I2O4. The van der Waals surface area contributed by atoms with Crippen molar-refractivity contribution in [3.8, 4) is 0 Å². The highest BCUT2D eigenvalue weighted by atomic mass is 127. The zero-order valence-electron chi connectivity index (χ0n) is 27.7. The summed E-state index contributed by atoms with van der Waals surface area (Å²) in [6.07, 6.45) is 10.7. The maximum Gasteiger partial charge on any atom is 0.0652 e. The molecule has 0 spiro atoms. The molecule has 0 aromatic carbocycles. The molecule has 0 radical (unpaired) electrons. The van der Waals surface area contributed by atoms with Crippen LogP contribution in [0.3, 0.4) is 0 Å². The SMILES string of the molecule is CCC(COC(C)(C)CCO)(COC(C)(C)CCCC(C)(C)CI)COC(C)(CC)CCCC(C)(C)CCI. The van der Waals surface area contributed by atoms with Crippen LogP contribution >= 0.6 is 45.2 Å². The van der Waals surface area contributed by atoms with Crippen LogP contribution in [0, 0.1) is 16.2 Å². The van der Waals surface area contributed by atoms with E-state index in [1.807, 2.05) is 0 Å². The largest absolute Gasteiger partial charge is 0.396 e. The van der Waals surface area contributed by atoms with Gasteiger partial charge >= 0.3 is 0 Å². The highest BCUT2D eigenvalue weighted by Gasteiger charge is 2.37. The molecule has 0 aromatic rings. The van der Waals surface area contributed by atoms with Crippen molar-refractivity contribution in [3.05, 3.63) is 0 Å². The molecule has 236 valence electrons. The standard InChI is InChI=1S/C33H66I2O4/c1-12-32(11,19-15-16-28(3,4)20-22-34)39-27-33(13-2,26-38-31(9,10)21-23-36)25-37-30(7,8)18-14-17-29(5,6)24-35/h36H,12-27H2,1-11H3. The van der Waals surface area contributed by atoms with Crippen LogP contribution < -0.4 is 0 Å². The molecule has 0 aliphatic heterocycles. The second-order valence-electron chi connectivity index (χ2n) is 15.1. The van der Waals surface area contributed by atoms with Crippen molar-refractivity contribution in [1.29, 1.82) is 0 Å². The average molecular weight is 781 g/mol. The Labute approximate surface area is 271 Å². The van der Waals surface area contributed by atoms with Gasteiger partial charge in [0.25, 0.3) is 0 Å². The Kier molecular flexibility index (Phi) is 18.8. The molecule has 1 N–H and O–H groups in total. The minimum atomic E-state index is -0.381. The predicted octanol–water partition coefficient (Wildman–Crippen LogP) is 10.2. The van der Waals surface area contributed by atoms with E-state index in [0.29, 0.717) is 37.1 Å². The van der Waals surface area contributed by atoms with Gasteiger partial charge in [0.15, 0.2) is 0 Å². The van der Waals surface area contributed by atoms with Gasteiger partial charge in [0, 0.05) is 20.9 Å². The molecule has 0 aliphatic carbocycles. The molecule has 0 bridgehead atoms.